The topological polar surface area (TPSA) is 555 Å². The van der Waals surface area contributed by atoms with Gasteiger partial charge in [0.25, 0.3) is 0 Å². The van der Waals surface area contributed by atoms with Crippen molar-refractivity contribution >= 4 is 143 Å². The van der Waals surface area contributed by atoms with Crippen LogP contribution in [0.3, 0.4) is 0 Å². The van der Waals surface area contributed by atoms with E-state index in [0.29, 0.717) is 146 Å². The molecule has 762 valence electrons. The molecule has 0 amide bonds. The molecule has 149 heavy (non-hydrogen) atoms. The monoisotopic (exact) mass is 2120 g/mol. The van der Waals surface area contributed by atoms with Crippen molar-refractivity contribution in [3.8, 4) is 57.6 Å². The number of nitrogens with one attached hydrogen (secondary N) is 9. The van der Waals surface area contributed by atoms with Crippen molar-refractivity contribution in [2.75, 3.05) is 35.5 Å². The van der Waals surface area contributed by atoms with Crippen molar-refractivity contribution in [1.82, 2.24) is 126 Å². The van der Waals surface area contributed by atoms with Crippen LogP contribution in [-0.4, -0.2) is 199 Å². The number of aliphatic carboxylic acids is 3. The SMILES string of the molecule is COC(=O)C1C2CCC(CC2)C1Nc1nc(-c2[nH]nc3ncc(F)cc23)ncc1Cl.COC(=O)C1C2CCC(CC2)C1Nc1nc(-c2[nH]nc3ncc(F)cc23)ncc1Cl.O=C(O)C1C2CCC(CC2)C1Nc1nc(-c2[nH]nc3ncc(F)cc23)ncc1Cl.O=C([O-])C1C2CCC(CC2)C1Nc1nc(-c2[nH]nc3ncc(F)cc23)ncc1F.O=C([O-])[C@H]1C2CCC(CC2)C1Cc1nc(-c2[nH]nc3ncc(F)cc23)ncc1F.[Na+].[Na+]. The van der Waals surface area contributed by atoms with Crippen LogP contribution in [0, 0.1) is 135 Å². The quantitative estimate of drug-likeness (QED) is 0.0194. The molecule has 15 saturated carbocycles. The van der Waals surface area contributed by atoms with Crippen LogP contribution in [0.5, 0.6) is 0 Å². The second-order valence-corrected chi connectivity index (χ2v) is 40.5. The van der Waals surface area contributed by atoms with Crippen molar-refractivity contribution in [2.45, 2.75) is 159 Å². The Balaban J connectivity index is 0.000000117. The van der Waals surface area contributed by atoms with E-state index in [2.05, 4.69) is 147 Å². The van der Waals surface area contributed by atoms with Gasteiger partial charge in [-0.2, -0.15) is 25.5 Å². The van der Waals surface area contributed by atoms with Crippen LogP contribution in [0.2, 0.25) is 15.1 Å². The smallest absolute Gasteiger partial charge is 0.550 e. The average Bonchev–Trinajstić information content (AvgIpc) is 1.40. The van der Waals surface area contributed by atoms with Gasteiger partial charge in [0, 0.05) is 47.9 Å². The molecule has 0 saturated heterocycles. The van der Waals surface area contributed by atoms with E-state index < -0.39 is 82.4 Å². The van der Waals surface area contributed by atoms with E-state index in [4.69, 9.17) is 44.3 Å². The van der Waals surface area contributed by atoms with E-state index in [1.54, 1.807) is 0 Å². The number of hydrogen-bond donors (Lipinski definition) is 10. The van der Waals surface area contributed by atoms with Gasteiger partial charge in [0.1, 0.15) is 90.1 Å². The average molecular weight is 2120 g/mol. The van der Waals surface area contributed by atoms with Gasteiger partial charge in [-0.1, -0.05) is 34.8 Å². The molecule has 10 atom stereocenters. The first kappa shape index (κ1) is 105. The Morgan fingerprint density at radius 3 is 0.886 bits per heavy atom. The summed E-state index contributed by atoms with van der Waals surface area (Å²) in [4.78, 5) is 123. The Labute approximate surface area is 901 Å². The van der Waals surface area contributed by atoms with Crippen molar-refractivity contribution in [2.24, 2.45) is 94.7 Å². The number of fused-ring (bicyclic) bond motifs is 20. The second-order valence-electron chi connectivity index (χ2n) is 39.2. The number of aromatic amines is 5. The Bertz CT molecular complexity index is 6970. The Morgan fingerprint density at radius 1 is 0.329 bits per heavy atom. The number of carboxylic acid groups (broad SMARTS) is 3. The van der Waals surface area contributed by atoms with Crippen LogP contribution in [-0.2, 0) is 39.9 Å². The van der Waals surface area contributed by atoms with Crippen LogP contribution in [0.1, 0.15) is 134 Å². The maximum absolute atomic E-state index is 14.5. The van der Waals surface area contributed by atoms with Crippen LogP contribution < -0.4 is 90.6 Å². The molecule has 9 unspecified atom stereocenters. The molecule has 0 radical (unpaired) electrons. The van der Waals surface area contributed by atoms with E-state index >= 15 is 0 Å². The number of methoxy groups -OCH3 is 2. The Hall–Kier alpha value is -12.6. The molecule has 15 fully saturated rings. The predicted molar refractivity (Wildman–Crippen MR) is 513 cm³/mol. The molecular formula is C98H93Cl3F7N29Na2O10. The Kier molecular flexibility index (Phi) is 31.4. The van der Waals surface area contributed by atoms with Crippen molar-refractivity contribution < 1.29 is 139 Å². The van der Waals surface area contributed by atoms with Gasteiger partial charge < -0.3 is 55.6 Å². The minimum Gasteiger partial charge on any atom is -0.550 e. The third kappa shape index (κ3) is 21.3. The van der Waals surface area contributed by atoms with Crippen molar-refractivity contribution in [3.05, 3.63) is 154 Å². The van der Waals surface area contributed by atoms with E-state index in [0.717, 1.165) is 172 Å². The number of pyridine rings is 5. The maximum Gasteiger partial charge on any atom is 1.00 e. The van der Waals surface area contributed by atoms with E-state index in [1.807, 2.05) is 0 Å². The van der Waals surface area contributed by atoms with E-state index in [1.165, 1.54) is 63.1 Å². The van der Waals surface area contributed by atoms with Crippen LogP contribution in [0.4, 0.5) is 54.0 Å². The molecule has 15 aromatic rings. The summed E-state index contributed by atoms with van der Waals surface area (Å²) in [5.41, 5.74) is 3.81. The summed E-state index contributed by atoms with van der Waals surface area (Å²) < 4.78 is 107. The number of esters is 2. The third-order valence-corrected chi connectivity index (χ3v) is 32.3. The summed E-state index contributed by atoms with van der Waals surface area (Å²) in [5.74, 6) is -5.07. The molecule has 15 aliphatic rings. The molecule has 10 bridgehead atoms. The number of rotatable bonds is 20. The van der Waals surface area contributed by atoms with Gasteiger partial charge in [-0.15, -0.1) is 0 Å². The summed E-state index contributed by atoms with van der Waals surface area (Å²) in [6.07, 6.45) is 31.5. The first-order valence-electron chi connectivity index (χ1n) is 48.6. The standard InChI is InChI=1S/2C20H20ClFN6O2.C20H19F2N5O2.C19H18ClFN6O2.C19H18F2N6O2.2Na/c2*1-30-20(29)14-9-2-4-10(5-3-9)15(14)25-18-13(21)8-24-19(26-18)16-12-6-11(22)7-23-17(12)28-27-16;21-11-5-13-17(26-27-18(13)23-7-11)19-24-8-14(22)15(25-19)6-12-9-1-3-10(4-2-9)16(12)20(28)29;20-12-7-23-18(15-11-5-10(21)6-22-16(11)27-26-15)25-17(12)24-14-9-3-1-8(2-4-9)13(14)19(28)29;20-10-5-11-15(26-27-16(11)22-6-10)18-23-7-12(21)17(25-18)24-14-9-3-1-8(2-4-9)13(14)19(28)29;;/h2*6-10,14-15H,2-5H2,1H3,(H,23,27,28)(H,24,25,26);5,7-10,12,16H,1-4,6H2,(H,28,29)(H,23,26,27);2*5-9,13-14H,1-4H2,(H,28,29)(H,22,26,27)(H,23,24,25);;/q;;;;;2*+1/p-2/t;;9?,10?,12?,16-;;;;/m..0..../s1. The molecule has 15 aliphatic carbocycles. The first-order chi connectivity index (χ1) is 71.1. The third-order valence-electron chi connectivity index (χ3n) is 31.5. The van der Waals surface area contributed by atoms with Gasteiger partial charge in [-0.05, 0) is 230 Å². The molecular weight excluding hydrogens is 2030 g/mol. The number of hydrogen-bond acceptors (Lipinski definition) is 33. The van der Waals surface area contributed by atoms with Crippen LogP contribution in [0.15, 0.2) is 92.3 Å². The van der Waals surface area contributed by atoms with Gasteiger partial charge in [0.05, 0.1) is 127 Å². The molecule has 0 aromatic carbocycles. The molecule has 15 heterocycles. The maximum atomic E-state index is 14.5. The first-order valence-corrected chi connectivity index (χ1v) is 49.7. The van der Waals surface area contributed by atoms with E-state index in [9.17, 15) is 70.0 Å². The number of aromatic nitrogens is 25. The summed E-state index contributed by atoms with van der Waals surface area (Å²) in [6.45, 7) is 0. The predicted octanol–water partition coefficient (Wildman–Crippen LogP) is 8.41. The van der Waals surface area contributed by atoms with Crippen molar-refractivity contribution in [3.63, 3.8) is 0 Å². The van der Waals surface area contributed by atoms with Crippen molar-refractivity contribution in [1.29, 1.82) is 0 Å². The van der Waals surface area contributed by atoms with Gasteiger partial charge in [-0.25, -0.2) is 105 Å². The zero-order chi connectivity index (χ0) is 102. The fraction of sp³-hybridized carbons (Fsp3) is 0.439. The molecule has 51 heteroatoms. The van der Waals surface area contributed by atoms with Gasteiger partial charge in [0.2, 0.25) is 0 Å². The van der Waals surface area contributed by atoms with E-state index in [-0.39, 0.29) is 183 Å². The summed E-state index contributed by atoms with van der Waals surface area (Å²) in [6, 6.07) is 5.57. The molecule has 39 nitrogen and oxygen atoms in total. The molecule has 0 spiro atoms. The minimum absolute atomic E-state index is 0. The van der Waals surface area contributed by atoms with Gasteiger partial charge in [-0.3, -0.25) is 39.9 Å². The number of H-pyrrole nitrogens is 5. The number of nitrogens with zero attached hydrogens (tertiary/aromatic N) is 20. The number of halogens is 10. The zero-order valence-corrected chi connectivity index (χ0v) is 86.7. The number of ether oxygens (including phenoxy) is 2. The number of carbonyl (C=O) groups is 5. The second kappa shape index (κ2) is 44.5. The molecule has 15 aromatic heterocycles. The summed E-state index contributed by atoms with van der Waals surface area (Å²) in [5, 5.41) is 83.6. The largest absolute Gasteiger partial charge is 1.00 e. The molecule has 30 rings (SSSR count). The number of carboxylic acids is 3. The number of anilines is 4. The van der Waals surface area contributed by atoms with Gasteiger partial charge >= 0.3 is 77.0 Å². The molecule has 0 aliphatic heterocycles. The fourth-order valence-electron chi connectivity index (χ4n) is 24.6. The Morgan fingerprint density at radius 2 is 0.577 bits per heavy atom. The van der Waals surface area contributed by atoms with Crippen LogP contribution >= 0.6 is 34.8 Å². The summed E-state index contributed by atoms with van der Waals surface area (Å²) >= 11 is 19.1. The number of carbonyl (C=O) groups excluding carboxylic acids is 4. The molecule has 10 N–H and O–H groups in total. The normalized spacial score (nSPS) is 25.4. The zero-order valence-electron chi connectivity index (χ0n) is 80.4. The fourth-order valence-corrected chi connectivity index (χ4v) is 25.0. The minimum atomic E-state index is -1.12. The van der Waals surface area contributed by atoms with Gasteiger partial charge in [0.15, 0.2) is 74.8 Å². The van der Waals surface area contributed by atoms with Crippen LogP contribution in [0.25, 0.3) is 113 Å². The summed E-state index contributed by atoms with van der Waals surface area (Å²) in [7, 11) is 2.85.